The Kier molecular flexibility index (Phi) is 8.10. The van der Waals surface area contributed by atoms with Gasteiger partial charge in [-0.05, 0) is 42.4 Å². The van der Waals surface area contributed by atoms with E-state index >= 15 is 0 Å². The van der Waals surface area contributed by atoms with Crippen molar-refractivity contribution in [3.05, 3.63) is 63.6 Å². The Hall–Kier alpha value is -2.12. The zero-order valence-electron chi connectivity index (χ0n) is 17.0. The summed E-state index contributed by atoms with van der Waals surface area (Å²) in [5.41, 5.74) is 2.26. The summed E-state index contributed by atoms with van der Waals surface area (Å²) in [7, 11) is 0. The van der Waals surface area contributed by atoms with Crippen LogP contribution in [0.5, 0.6) is 0 Å². The molecule has 2 N–H and O–H groups in total. The Morgan fingerprint density at radius 1 is 0.933 bits per heavy atom. The van der Waals surface area contributed by atoms with Gasteiger partial charge in [-0.3, -0.25) is 14.5 Å². The summed E-state index contributed by atoms with van der Waals surface area (Å²) in [6, 6.07) is 12.4. The standard InChI is InChI=1S/C22H26Cl2N4O2/c1-2-27-9-11-28(12-10-27)15-16-3-6-18(7-4-16)26-21(29)14-25-22(30)17-5-8-19(23)20(24)13-17/h3-8,13H,2,9-12,14-15H2,1H3,(H,25,30)(H,26,29). The fraction of sp³-hybridized carbons (Fsp3) is 0.364. The molecule has 30 heavy (non-hydrogen) atoms. The minimum Gasteiger partial charge on any atom is -0.343 e. The van der Waals surface area contributed by atoms with E-state index in [0.29, 0.717) is 21.3 Å². The lowest BCUT2D eigenvalue weighted by Crippen LogP contribution is -2.45. The van der Waals surface area contributed by atoms with Gasteiger partial charge < -0.3 is 15.5 Å². The minimum absolute atomic E-state index is 0.136. The number of nitrogens with one attached hydrogen (secondary N) is 2. The summed E-state index contributed by atoms with van der Waals surface area (Å²) in [6.07, 6.45) is 0. The Balaban J connectivity index is 1.44. The normalized spacial score (nSPS) is 15.0. The Morgan fingerprint density at radius 3 is 2.23 bits per heavy atom. The number of carbonyl (C=O) groups is 2. The first-order valence-corrected chi connectivity index (χ1v) is 10.8. The van der Waals surface area contributed by atoms with Gasteiger partial charge in [-0.25, -0.2) is 0 Å². The molecular formula is C22H26Cl2N4O2. The molecule has 0 aliphatic carbocycles. The Morgan fingerprint density at radius 2 is 1.60 bits per heavy atom. The molecule has 1 aliphatic rings. The molecule has 1 fully saturated rings. The summed E-state index contributed by atoms with van der Waals surface area (Å²) in [4.78, 5) is 29.2. The largest absolute Gasteiger partial charge is 0.343 e. The van der Waals surface area contributed by atoms with Gasteiger partial charge in [-0.15, -0.1) is 0 Å². The molecule has 0 spiro atoms. The number of rotatable bonds is 7. The molecule has 0 unspecified atom stereocenters. The first-order chi connectivity index (χ1) is 14.4. The predicted molar refractivity (Wildman–Crippen MR) is 121 cm³/mol. The van der Waals surface area contributed by atoms with Crippen LogP contribution in [0.3, 0.4) is 0 Å². The highest BCUT2D eigenvalue weighted by atomic mass is 35.5. The van der Waals surface area contributed by atoms with Crippen molar-refractivity contribution in [2.24, 2.45) is 0 Å². The van der Waals surface area contributed by atoms with Gasteiger partial charge in [0.05, 0.1) is 16.6 Å². The Labute approximate surface area is 187 Å². The monoisotopic (exact) mass is 448 g/mol. The molecular weight excluding hydrogens is 423 g/mol. The van der Waals surface area contributed by atoms with Gasteiger partial charge in [0.1, 0.15) is 0 Å². The zero-order chi connectivity index (χ0) is 21.5. The van der Waals surface area contributed by atoms with Gasteiger partial charge in [-0.1, -0.05) is 42.3 Å². The molecule has 0 aromatic heterocycles. The van der Waals surface area contributed by atoms with E-state index in [2.05, 4.69) is 27.4 Å². The quantitative estimate of drug-likeness (QED) is 0.679. The first-order valence-electron chi connectivity index (χ1n) is 10.0. The molecule has 0 saturated carbocycles. The molecule has 160 valence electrons. The van der Waals surface area contributed by atoms with Crippen LogP contribution in [0.2, 0.25) is 10.0 Å². The molecule has 1 heterocycles. The number of hydrogen-bond acceptors (Lipinski definition) is 4. The smallest absolute Gasteiger partial charge is 0.251 e. The van der Waals surface area contributed by atoms with Crippen molar-refractivity contribution < 1.29 is 9.59 Å². The van der Waals surface area contributed by atoms with Gasteiger partial charge in [0.25, 0.3) is 5.91 Å². The van der Waals surface area contributed by atoms with Crippen LogP contribution in [-0.2, 0) is 11.3 Å². The van der Waals surface area contributed by atoms with Crippen molar-refractivity contribution in [3.63, 3.8) is 0 Å². The molecule has 8 heteroatoms. The number of likely N-dealkylation sites (N-methyl/N-ethyl adjacent to an activating group) is 1. The molecule has 1 aliphatic heterocycles. The van der Waals surface area contributed by atoms with Gasteiger partial charge in [0, 0.05) is 44.0 Å². The van der Waals surface area contributed by atoms with E-state index in [-0.39, 0.29) is 18.4 Å². The van der Waals surface area contributed by atoms with Crippen LogP contribution in [0.15, 0.2) is 42.5 Å². The molecule has 0 atom stereocenters. The molecule has 2 amide bonds. The predicted octanol–water partition coefficient (Wildman–Crippen LogP) is 3.50. The fourth-order valence-corrected chi connectivity index (χ4v) is 3.62. The van der Waals surface area contributed by atoms with E-state index in [4.69, 9.17) is 23.2 Å². The maximum Gasteiger partial charge on any atom is 0.251 e. The third-order valence-corrected chi connectivity index (χ3v) is 5.89. The lowest BCUT2D eigenvalue weighted by Gasteiger charge is -2.34. The second kappa shape index (κ2) is 10.8. The molecule has 0 radical (unpaired) electrons. The zero-order valence-corrected chi connectivity index (χ0v) is 18.5. The third kappa shape index (κ3) is 6.44. The van der Waals surface area contributed by atoms with Crippen LogP contribution in [0.1, 0.15) is 22.8 Å². The highest BCUT2D eigenvalue weighted by Gasteiger charge is 2.15. The molecule has 2 aromatic rings. The van der Waals surface area contributed by atoms with E-state index in [0.717, 1.165) is 39.3 Å². The van der Waals surface area contributed by atoms with E-state index < -0.39 is 0 Å². The number of halogens is 2. The number of nitrogens with zero attached hydrogens (tertiary/aromatic N) is 2. The number of hydrogen-bond donors (Lipinski definition) is 2. The second-order valence-electron chi connectivity index (χ2n) is 7.27. The average molecular weight is 449 g/mol. The minimum atomic E-state index is -0.387. The number of anilines is 1. The van der Waals surface area contributed by atoms with E-state index in [1.807, 2.05) is 24.3 Å². The van der Waals surface area contributed by atoms with Gasteiger partial charge in [0.15, 0.2) is 0 Å². The fourth-order valence-electron chi connectivity index (χ4n) is 3.32. The molecule has 2 aromatic carbocycles. The topological polar surface area (TPSA) is 64.7 Å². The average Bonchev–Trinajstić information content (AvgIpc) is 2.76. The van der Waals surface area contributed by atoms with Crippen LogP contribution in [0.4, 0.5) is 5.69 Å². The number of carbonyl (C=O) groups excluding carboxylic acids is 2. The van der Waals surface area contributed by atoms with Crippen molar-refractivity contribution in [1.29, 1.82) is 0 Å². The van der Waals surface area contributed by atoms with E-state index in [9.17, 15) is 9.59 Å². The van der Waals surface area contributed by atoms with Crippen LogP contribution in [0.25, 0.3) is 0 Å². The SMILES string of the molecule is CCN1CCN(Cc2ccc(NC(=O)CNC(=O)c3ccc(Cl)c(Cl)c3)cc2)CC1. The molecule has 0 bridgehead atoms. The first kappa shape index (κ1) is 22.6. The summed E-state index contributed by atoms with van der Waals surface area (Å²) in [6.45, 7) is 8.44. The van der Waals surface area contributed by atoms with Gasteiger partial charge in [0.2, 0.25) is 5.91 Å². The highest BCUT2D eigenvalue weighted by molar-refractivity contribution is 6.42. The van der Waals surface area contributed by atoms with Gasteiger partial charge >= 0.3 is 0 Å². The third-order valence-electron chi connectivity index (χ3n) is 5.15. The number of piperazine rings is 1. The number of benzene rings is 2. The number of amides is 2. The van der Waals surface area contributed by atoms with Crippen LogP contribution >= 0.6 is 23.2 Å². The second-order valence-corrected chi connectivity index (χ2v) is 8.08. The van der Waals surface area contributed by atoms with Crippen LogP contribution < -0.4 is 10.6 Å². The Bertz CT molecular complexity index is 881. The van der Waals surface area contributed by atoms with Crippen molar-refractivity contribution in [2.75, 3.05) is 44.6 Å². The lowest BCUT2D eigenvalue weighted by molar-refractivity contribution is -0.115. The summed E-state index contributed by atoms with van der Waals surface area (Å²) in [5.74, 6) is -0.686. The van der Waals surface area contributed by atoms with Crippen molar-refractivity contribution >= 4 is 40.7 Å². The highest BCUT2D eigenvalue weighted by Crippen LogP contribution is 2.22. The maximum atomic E-state index is 12.1. The van der Waals surface area contributed by atoms with Crippen LogP contribution in [-0.4, -0.2) is 60.9 Å². The van der Waals surface area contributed by atoms with Gasteiger partial charge in [-0.2, -0.15) is 0 Å². The summed E-state index contributed by atoms with van der Waals surface area (Å²) in [5, 5.41) is 6.03. The van der Waals surface area contributed by atoms with E-state index in [1.165, 1.54) is 11.6 Å². The maximum absolute atomic E-state index is 12.1. The summed E-state index contributed by atoms with van der Waals surface area (Å²) < 4.78 is 0. The summed E-state index contributed by atoms with van der Waals surface area (Å²) >= 11 is 11.8. The van der Waals surface area contributed by atoms with E-state index in [1.54, 1.807) is 12.1 Å². The molecule has 6 nitrogen and oxygen atoms in total. The van der Waals surface area contributed by atoms with Crippen molar-refractivity contribution in [2.45, 2.75) is 13.5 Å². The molecule has 3 rings (SSSR count). The van der Waals surface area contributed by atoms with Crippen molar-refractivity contribution in [1.82, 2.24) is 15.1 Å². The van der Waals surface area contributed by atoms with Crippen molar-refractivity contribution in [3.8, 4) is 0 Å². The van der Waals surface area contributed by atoms with Crippen LogP contribution in [0, 0.1) is 0 Å². The lowest BCUT2D eigenvalue weighted by atomic mass is 10.1. The molecule has 1 saturated heterocycles.